The van der Waals surface area contributed by atoms with Gasteiger partial charge >= 0.3 is 0 Å². The van der Waals surface area contributed by atoms with Gasteiger partial charge in [0.25, 0.3) is 0 Å². The standard InChI is InChI=1S/C9H9I/c1-8-2-4-9(5-3-8)6-7-10/h2-7H,1H3/b7-6+. The molecule has 1 aromatic carbocycles. The maximum atomic E-state index is 2.22. The molecule has 1 aromatic rings. The molecule has 0 aromatic heterocycles. The first-order chi connectivity index (χ1) is 4.83. The molecule has 0 unspecified atom stereocenters. The monoisotopic (exact) mass is 244 g/mol. The molecular weight excluding hydrogens is 235 g/mol. The number of aryl methyl sites for hydroxylation is 1. The Morgan fingerprint density at radius 2 is 1.80 bits per heavy atom. The predicted molar refractivity (Wildman–Crippen MR) is 54.2 cm³/mol. The molecule has 0 aliphatic carbocycles. The Hall–Kier alpha value is -0.310. The number of hydrogen-bond acceptors (Lipinski definition) is 0. The summed E-state index contributed by atoms with van der Waals surface area (Å²) >= 11 is 2.22. The van der Waals surface area contributed by atoms with Crippen LogP contribution in [0.3, 0.4) is 0 Å². The molecule has 10 heavy (non-hydrogen) atoms. The van der Waals surface area contributed by atoms with E-state index >= 15 is 0 Å². The zero-order valence-electron chi connectivity index (χ0n) is 5.84. The highest BCUT2D eigenvalue weighted by atomic mass is 127. The van der Waals surface area contributed by atoms with E-state index < -0.39 is 0 Å². The van der Waals surface area contributed by atoms with Gasteiger partial charge in [0.2, 0.25) is 0 Å². The quantitative estimate of drug-likeness (QED) is 0.664. The van der Waals surface area contributed by atoms with Crippen molar-refractivity contribution >= 4 is 28.7 Å². The van der Waals surface area contributed by atoms with E-state index in [0.29, 0.717) is 0 Å². The first-order valence-corrected chi connectivity index (χ1v) is 4.41. The fraction of sp³-hybridized carbons (Fsp3) is 0.111. The van der Waals surface area contributed by atoms with E-state index in [1.807, 2.05) is 4.08 Å². The first-order valence-electron chi connectivity index (χ1n) is 3.16. The Balaban J connectivity index is 2.89. The van der Waals surface area contributed by atoms with Crippen molar-refractivity contribution in [1.29, 1.82) is 0 Å². The zero-order valence-corrected chi connectivity index (χ0v) is 8.00. The fourth-order valence-corrected chi connectivity index (χ4v) is 1.17. The van der Waals surface area contributed by atoms with Gasteiger partial charge < -0.3 is 0 Å². The Kier molecular flexibility index (Phi) is 2.93. The third-order valence-corrected chi connectivity index (χ3v) is 1.69. The predicted octanol–water partition coefficient (Wildman–Crippen LogP) is 3.40. The maximum Gasteiger partial charge on any atom is -0.0228 e. The molecule has 0 aliphatic rings. The van der Waals surface area contributed by atoms with Crippen molar-refractivity contribution in [2.24, 2.45) is 0 Å². The van der Waals surface area contributed by atoms with Gasteiger partial charge in [-0.2, -0.15) is 0 Å². The SMILES string of the molecule is Cc1ccc(/C=C/I)cc1. The van der Waals surface area contributed by atoms with Crippen LogP contribution in [0.5, 0.6) is 0 Å². The highest BCUT2D eigenvalue weighted by Gasteiger charge is 1.83. The molecule has 52 valence electrons. The summed E-state index contributed by atoms with van der Waals surface area (Å²) in [5.41, 5.74) is 2.57. The van der Waals surface area contributed by atoms with Crippen molar-refractivity contribution in [3.8, 4) is 0 Å². The molecule has 0 fully saturated rings. The van der Waals surface area contributed by atoms with Gasteiger partial charge in [-0.05, 0) is 22.6 Å². The van der Waals surface area contributed by atoms with E-state index in [2.05, 4.69) is 59.9 Å². The Labute approximate surface area is 75.1 Å². The summed E-state index contributed by atoms with van der Waals surface area (Å²) in [5.74, 6) is 0. The lowest BCUT2D eigenvalue weighted by Gasteiger charge is -1.92. The summed E-state index contributed by atoms with van der Waals surface area (Å²) in [4.78, 5) is 0. The van der Waals surface area contributed by atoms with E-state index in [-0.39, 0.29) is 0 Å². The van der Waals surface area contributed by atoms with Crippen LogP contribution in [-0.2, 0) is 0 Å². The van der Waals surface area contributed by atoms with Crippen LogP contribution < -0.4 is 0 Å². The van der Waals surface area contributed by atoms with Crippen LogP contribution in [0.4, 0.5) is 0 Å². The molecule has 0 N–H and O–H groups in total. The average Bonchev–Trinajstić information content (AvgIpc) is 1.95. The molecule has 0 radical (unpaired) electrons. The molecule has 0 nitrogen and oxygen atoms in total. The molecule has 1 rings (SSSR count). The van der Waals surface area contributed by atoms with Gasteiger partial charge in [0.15, 0.2) is 0 Å². The first kappa shape index (κ1) is 7.79. The fourth-order valence-electron chi connectivity index (χ4n) is 0.750. The summed E-state index contributed by atoms with van der Waals surface area (Å²) in [6, 6.07) is 8.47. The molecule has 0 saturated carbocycles. The highest BCUT2D eigenvalue weighted by Crippen LogP contribution is 2.05. The van der Waals surface area contributed by atoms with Crippen LogP contribution in [0.25, 0.3) is 6.08 Å². The van der Waals surface area contributed by atoms with Gasteiger partial charge in [0, 0.05) is 0 Å². The summed E-state index contributed by atoms with van der Waals surface area (Å²) in [5, 5.41) is 0. The smallest absolute Gasteiger partial charge is 0.0228 e. The second-order valence-corrected chi connectivity index (χ2v) is 2.92. The molecule has 1 heteroatoms. The topological polar surface area (TPSA) is 0 Å². The van der Waals surface area contributed by atoms with E-state index in [0.717, 1.165) is 0 Å². The lowest BCUT2D eigenvalue weighted by Crippen LogP contribution is -1.71. The van der Waals surface area contributed by atoms with Gasteiger partial charge in [0.05, 0.1) is 0 Å². The van der Waals surface area contributed by atoms with E-state index in [1.165, 1.54) is 11.1 Å². The second kappa shape index (κ2) is 3.76. The molecule has 0 heterocycles. The molecule has 0 aliphatic heterocycles. The summed E-state index contributed by atoms with van der Waals surface area (Å²) in [7, 11) is 0. The lowest BCUT2D eigenvalue weighted by atomic mass is 10.2. The van der Waals surface area contributed by atoms with Crippen LogP contribution in [0.1, 0.15) is 11.1 Å². The number of benzene rings is 1. The van der Waals surface area contributed by atoms with Crippen LogP contribution in [0.2, 0.25) is 0 Å². The molecular formula is C9H9I. The minimum Gasteiger partial charge on any atom is -0.0587 e. The lowest BCUT2D eigenvalue weighted by molar-refractivity contribution is 1.46. The largest absolute Gasteiger partial charge is 0.0587 e. The Morgan fingerprint density at radius 3 is 2.30 bits per heavy atom. The van der Waals surface area contributed by atoms with E-state index in [1.54, 1.807) is 0 Å². The minimum absolute atomic E-state index is 1.26. The minimum atomic E-state index is 1.26. The molecule has 0 bridgehead atoms. The van der Waals surface area contributed by atoms with Crippen molar-refractivity contribution in [2.75, 3.05) is 0 Å². The van der Waals surface area contributed by atoms with E-state index in [4.69, 9.17) is 0 Å². The van der Waals surface area contributed by atoms with E-state index in [9.17, 15) is 0 Å². The number of rotatable bonds is 1. The van der Waals surface area contributed by atoms with Crippen LogP contribution in [0, 0.1) is 6.92 Å². The maximum absolute atomic E-state index is 2.22. The molecule has 0 atom stereocenters. The van der Waals surface area contributed by atoms with Crippen molar-refractivity contribution in [3.05, 3.63) is 39.5 Å². The van der Waals surface area contributed by atoms with Crippen LogP contribution >= 0.6 is 22.6 Å². The van der Waals surface area contributed by atoms with Gasteiger partial charge in [-0.25, -0.2) is 0 Å². The third kappa shape index (κ3) is 2.14. The Bertz CT molecular complexity index is 221. The van der Waals surface area contributed by atoms with Crippen molar-refractivity contribution in [1.82, 2.24) is 0 Å². The summed E-state index contributed by atoms with van der Waals surface area (Å²) < 4.78 is 2.02. The molecule has 0 saturated heterocycles. The second-order valence-electron chi connectivity index (χ2n) is 2.20. The number of halogens is 1. The van der Waals surface area contributed by atoms with Crippen molar-refractivity contribution in [3.63, 3.8) is 0 Å². The normalized spacial score (nSPS) is 10.6. The molecule has 0 amide bonds. The average molecular weight is 244 g/mol. The summed E-state index contributed by atoms with van der Waals surface area (Å²) in [6.07, 6.45) is 2.08. The van der Waals surface area contributed by atoms with Crippen LogP contribution in [-0.4, -0.2) is 0 Å². The highest BCUT2D eigenvalue weighted by molar-refractivity contribution is 14.1. The van der Waals surface area contributed by atoms with Crippen molar-refractivity contribution in [2.45, 2.75) is 6.92 Å². The Morgan fingerprint density at radius 1 is 1.20 bits per heavy atom. The van der Waals surface area contributed by atoms with Gasteiger partial charge in [-0.3, -0.25) is 0 Å². The van der Waals surface area contributed by atoms with Gasteiger partial charge in [-0.1, -0.05) is 52.4 Å². The number of hydrogen-bond donors (Lipinski definition) is 0. The summed E-state index contributed by atoms with van der Waals surface area (Å²) in [6.45, 7) is 2.09. The van der Waals surface area contributed by atoms with Crippen LogP contribution in [0.15, 0.2) is 28.3 Å². The third-order valence-electron chi connectivity index (χ3n) is 1.33. The zero-order chi connectivity index (χ0) is 7.40. The van der Waals surface area contributed by atoms with Gasteiger partial charge in [0.1, 0.15) is 0 Å². The van der Waals surface area contributed by atoms with Gasteiger partial charge in [-0.15, -0.1) is 0 Å². The van der Waals surface area contributed by atoms with Crippen molar-refractivity contribution < 1.29 is 0 Å². The molecule has 0 spiro atoms.